The molecule has 0 radical (unpaired) electrons. The Kier molecular flexibility index (Phi) is 12.1. The third-order valence-corrected chi connectivity index (χ3v) is 2.33. The van der Waals surface area contributed by atoms with Gasteiger partial charge >= 0.3 is 0 Å². The van der Waals surface area contributed by atoms with Crippen molar-refractivity contribution in [1.29, 1.82) is 0 Å². The summed E-state index contributed by atoms with van der Waals surface area (Å²) >= 11 is 0. The van der Waals surface area contributed by atoms with Gasteiger partial charge in [-0.2, -0.15) is 0 Å². The molecule has 0 spiro atoms. The fourth-order valence-corrected chi connectivity index (χ4v) is 1.41. The molecule has 0 heteroatoms. The summed E-state index contributed by atoms with van der Waals surface area (Å²) in [5.41, 5.74) is 2.90. The molecule has 15 heavy (non-hydrogen) atoms. The first-order chi connectivity index (χ1) is 7.11. The minimum atomic E-state index is 0.767. The van der Waals surface area contributed by atoms with Crippen molar-refractivity contribution < 1.29 is 0 Å². The lowest BCUT2D eigenvalue weighted by Crippen LogP contribution is -2.04. The van der Waals surface area contributed by atoms with E-state index in [1.165, 1.54) is 24.8 Å². The highest BCUT2D eigenvalue weighted by Gasteiger charge is 2.11. The van der Waals surface area contributed by atoms with Gasteiger partial charge in [-0.25, -0.2) is 0 Å². The van der Waals surface area contributed by atoms with Crippen LogP contribution in [0.15, 0.2) is 49.6 Å². The number of allylic oxidation sites excluding steroid dienone is 4. The number of hydrogen-bond donors (Lipinski definition) is 0. The minimum absolute atomic E-state index is 0.767. The van der Waals surface area contributed by atoms with Gasteiger partial charge in [-0.15, -0.1) is 19.7 Å². The van der Waals surface area contributed by atoms with E-state index in [1.807, 2.05) is 6.92 Å². The lowest BCUT2D eigenvalue weighted by atomic mass is 9.86. The molecule has 1 unspecified atom stereocenters. The molecule has 1 aliphatic carbocycles. The van der Waals surface area contributed by atoms with Crippen molar-refractivity contribution >= 4 is 0 Å². The van der Waals surface area contributed by atoms with Gasteiger partial charge in [0.2, 0.25) is 0 Å². The van der Waals surface area contributed by atoms with Crippen LogP contribution in [0.4, 0.5) is 0 Å². The summed E-state index contributed by atoms with van der Waals surface area (Å²) in [7, 11) is 0. The van der Waals surface area contributed by atoms with Gasteiger partial charge in [-0.1, -0.05) is 29.9 Å². The van der Waals surface area contributed by atoms with Gasteiger partial charge in [0.05, 0.1) is 0 Å². The normalized spacial score (nSPS) is 18.3. The predicted molar refractivity (Wildman–Crippen MR) is 73.0 cm³/mol. The zero-order chi connectivity index (χ0) is 12.3. The Morgan fingerprint density at radius 3 is 2.20 bits per heavy atom. The second-order valence-corrected chi connectivity index (χ2v) is 3.78. The van der Waals surface area contributed by atoms with Crippen LogP contribution in [0.1, 0.15) is 40.0 Å². The summed E-state index contributed by atoms with van der Waals surface area (Å²) < 4.78 is 0. The first kappa shape index (κ1) is 16.4. The second-order valence-electron chi connectivity index (χ2n) is 3.78. The lowest BCUT2D eigenvalue weighted by molar-refractivity contribution is 0.540. The van der Waals surface area contributed by atoms with Crippen molar-refractivity contribution in [1.82, 2.24) is 0 Å². The third-order valence-electron chi connectivity index (χ3n) is 2.33. The Morgan fingerprint density at radius 1 is 1.47 bits per heavy atom. The van der Waals surface area contributed by atoms with Gasteiger partial charge in [0.25, 0.3) is 0 Å². The maximum absolute atomic E-state index is 3.97. The fourth-order valence-electron chi connectivity index (χ4n) is 1.41. The highest BCUT2D eigenvalue weighted by molar-refractivity contribution is 5.09. The first-order valence-electron chi connectivity index (χ1n) is 5.49. The molecule has 1 aliphatic rings. The van der Waals surface area contributed by atoms with Gasteiger partial charge in [-0.3, -0.25) is 0 Å². The van der Waals surface area contributed by atoms with E-state index >= 15 is 0 Å². The summed E-state index contributed by atoms with van der Waals surface area (Å²) in [5.74, 6) is 0.767. The van der Waals surface area contributed by atoms with Crippen molar-refractivity contribution in [3.63, 3.8) is 0 Å². The van der Waals surface area contributed by atoms with E-state index in [9.17, 15) is 0 Å². The van der Waals surface area contributed by atoms with E-state index in [4.69, 9.17) is 0 Å². The molecule has 0 aliphatic heterocycles. The molecule has 86 valence electrons. The molecule has 0 aromatic rings. The standard InChI is InChI=1S/C10H16.C3H6.C2H4/c1-8(2)10-6-4-9(3)5-7-10;1-3-2;1-2/h4,10H,1,5-7H2,2-3H3;3H,1H2,2H3;1-2H2. The smallest absolute Gasteiger partial charge is 0.0171 e. The Morgan fingerprint density at radius 2 is 1.93 bits per heavy atom. The molecular formula is C15H26. The van der Waals surface area contributed by atoms with E-state index in [1.54, 1.807) is 11.6 Å². The Labute approximate surface area is 96.1 Å². The number of rotatable bonds is 1. The van der Waals surface area contributed by atoms with Crippen LogP contribution < -0.4 is 0 Å². The topological polar surface area (TPSA) is 0 Å². The van der Waals surface area contributed by atoms with Gasteiger partial charge in [0.1, 0.15) is 0 Å². The van der Waals surface area contributed by atoms with Crippen molar-refractivity contribution in [2.75, 3.05) is 0 Å². The SMILES string of the molecule is C=C.C=C(C)C1CC=C(C)CC1.C=CC. The largest absolute Gasteiger partial charge is 0.106 e. The molecule has 0 saturated heterocycles. The van der Waals surface area contributed by atoms with E-state index in [0.29, 0.717) is 0 Å². The van der Waals surface area contributed by atoms with Crippen LogP contribution in [0.3, 0.4) is 0 Å². The fraction of sp³-hybridized carbons (Fsp3) is 0.467. The zero-order valence-corrected chi connectivity index (χ0v) is 10.7. The van der Waals surface area contributed by atoms with Gasteiger partial charge in [0, 0.05) is 0 Å². The molecule has 0 heterocycles. The van der Waals surface area contributed by atoms with E-state index in [2.05, 4.69) is 46.2 Å². The van der Waals surface area contributed by atoms with Crippen LogP contribution >= 0.6 is 0 Å². The van der Waals surface area contributed by atoms with Crippen LogP contribution in [0.2, 0.25) is 0 Å². The second kappa shape index (κ2) is 11.0. The summed E-state index contributed by atoms with van der Waals surface area (Å²) in [6.07, 6.45) is 7.92. The molecule has 1 atom stereocenters. The highest BCUT2D eigenvalue weighted by Crippen LogP contribution is 2.27. The molecule has 0 N–H and O–H groups in total. The summed E-state index contributed by atoms with van der Waals surface area (Å²) in [6, 6.07) is 0. The average Bonchev–Trinajstić information content (AvgIpc) is 2.22. The Hall–Kier alpha value is -1.04. The van der Waals surface area contributed by atoms with E-state index < -0.39 is 0 Å². The maximum Gasteiger partial charge on any atom is -0.0171 e. The lowest BCUT2D eigenvalue weighted by Gasteiger charge is -2.19. The van der Waals surface area contributed by atoms with Crippen LogP contribution in [-0.2, 0) is 0 Å². The van der Waals surface area contributed by atoms with Gasteiger partial charge < -0.3 is 0 Å². The van der Waals surface area contributed by atoms with Crippen LogP contribution in [0, 0.1) is 5.92 Å². The number of hydrogen-bond acceptors (Lipinski definition) is 0. The molecule has 0 saturated carbocycles. The van der Waals surface area contributed by atoms with Crippen LogP contribution in [0.25, 0.3) is 0 Å². The molecule has 0 amide bonds. The van der Waals surface area contributed by atoms with Crippen LogP contribution in [-0.4, -0.2) is 0 Å². The first-order valence-corrected chi connectivity index (χ1v) is 5.49. The van der Waals surface area contributed by atoms with Crippen LogP contribution in [0.5, 0.6) is 0 Å². The summed E-state index contributed by atoms with van der Waals surface area (Å²) in [5, 5.41) is 0. The molecular weight excluding hydrogens is 180 g/mol. The quantitative estimate of drug-likeness (QED) is 0.510. The Bertz CT molecular complexity index is 208. The van der Waals surface area contributed by atoms with Crippen molar-refractivity contribution in [3.05, 3.63) is 49.6 Å². The Balaban J connectivity index is 0. The average molecular weight is 206 g/mol. The van der Waals surface area contributed by atoms with Crippen molar-refractivity contribution in [3.8, 4) is 0 Å². The molecule has 1 rings (SSSR count). The van der Waals surface area contributed by atoms with Gasteiger partial charge in [0.15, 0.2) is 0 Å². The van der Waals surface area contributed by atoms with E-state index in [0.717, 1.165) is 5.92 Å². The predicted octanol–water partition coefficient (Wildman–Crippen LogP) is 5.30. The molecule has 0 fully saturated rings. The molecule has 0 nitrogen and oxygen atoms in total. The molecule has 0 aromatic heterocycles. The summed E-state index contributed by atoms with van der Waals surface area (Å²) in [6.45, 7) is 19.6. The minimum Gasteiger partial charge on any atom is -0.106 e. The molecule has 0 bridgehead atoms. The molecule has 0 aromatic carbocycles. The third kappa shape index (κ3) is 9.27. The van der Waals surface area contributed by atoms with Crippen molar-refractivity contribution in [2.45, 2.75) is 40.0 Å². The monoisotopic (exact) mass is 206 g/mol. The summed E-state index contributed by atoms with van der Waals surface area (Å²) in [4.78, 5) is 0. The van der Waals surface area contributed by atoms with Gasteiger partial charge in [-0.05, 0) is 46.0 Å². The maximum atomic E-state index is 3.97. The van der Waals surface area contributed by atoms with E-state index in [-0.39, 0.29) is 0 Å². The highest BCUT2D eigenvalue weighted by atomic mass is 14.2. The van der Waals surface area contributed by atoms with Crippen molar-refractivity contribution in [2.24, 2.45) is 5.92 Å². The zero-order valence-electron chi connectivity index (χ0n) is 10.7.